The fraction of sp³-hybridized carbons (Fsp3) is 0.261. The fourth-order valence-corrected chi connectivity index (χ4v) is 3.55. The van der Waals surface area contributed by atoms with Gasteiger partial charge in [-0.1, -0.05) is 30.3 Å². The molecule has 0 saturated heterocycles. The molecule has 0 radical (unpaired) electrons. The lowest BCUT2D eigenvalue weighted by atomic mass is 10.2. The third-order valence-corrected chi connectivity index (χ3v) is 5.09. The highest BCUT2D eigenvalue weighted by Gasteiger charge is 2.14. The molecule has 0 saturated carbocycles. The zero-order valence-corrected chi connectivity index (χ0v) is 18.2. The normalized spacial score (nSPS) is 10.4. The number of ether oxygens (including phenoxy) is 3. The van der Waals surface area contributed by atoms with E-state index in [0.29, 0.717) is 36.0 Å². The van der Waals surface area contributed by atoms with E-state index in [4.69, 9.17) is 14.2 Å². The zero-order valence-electron chi connectivity index (χ0n) is 17.4. The first kappa shape index (κ1) is 22.3. The minimum atomic E-state index is -0.543. The Morgan fingerprint density at radius 2 is 1.74 bits per heavy atom. The van der Waals surface area contributed by atoms with Crippen molar-refractivity contribution in [3.8, 4) is 22.1 Å². The number of esters is 1. The number of thiazole rings is 1. The Labute approximate surface area is 185 Å². The quantitative estimate of drug-likeness (QED) is 0.478. The van der Waals surface area contributed by atoms with Crippen LogP contribution in [0.2, 0.25) is 0 Å². The Morgan fingerprint density at radius 1 is 1.00 bits per heavy atom. The molecule has 0 fully saturated rings. The Hall–Kier alpha value is -3.39. The number of nitrogens with zero attached hydrogens (tertiary/aromatic N) is 1. The molecule has 2 aromatic carbocycles. The highest BCUT2D eigenvalue weighted by molar-refractivity contribution is 7.13. The number of hydrogen-bond acceptors (Lipinski definition) is 7. The molecule has 0 unspecified atom stereocenters. The molecule has 0 aliphatic rings. The van der Waals surface area contributed by atoms with Gasteiger partial charge in [-0.15, -0.1) is 11.3 Å². The van der Waals surface area contributed by atoms with Crippen LogP contribution in [0.1, 0.15) is 29.9 Å². The number of aromatic nitrogens is 1. The van der Waals surface area contributed by atoms with Gasteiger partial charge < -0.3 is 19.5 Å². The number of amides is 1. The van der Waals surface area contributed by atoms with Gasteiger partial charge in [-0.3, -0.25) is 9.59 Å². The number of hydrogen-bond donors (Lipinski definition) is 1. The van der Waals surface area contributed by atoms with Gasteiger partial charge in [0.15, 0.2) is 11.5 Å². The minimum absolute atomic E-state index is 0.0512. The second-order valence-electron chi connectivity index (χ2n) is 6.38. The summed E-state index contributed by atoms with van der Waals surface area (Å²) in [4.78, 5) is 28.9. The molecular weight excluding hydrogens is 416 g/mol. The first-order chi connectivity index (χ1) is 15.1. The first-order valence-corrected chi connectivity index (χ1v) is 10.8. The van der Waals surface area contributed by atoms with Crippen LogP contribution in [-0.2, 0) is 16.1 Å². The van der Waals surface area contributed by atoms with E-state index in [1.54, 1.807) is 18.2 Å². The Kier molecular flexibility index (Phi) is 8.00. The molecule has 0 atom stereocenters. The lowest BCUT2D eigenvalue weighted by molar-refractivity contribution is -0.143. The second-order valence-corrected chi connectivity index (χ2v) is 7.24. The minimum Gasteiger partial charge on any atom is -0.490 e. The summed E-state index contributed by atoms with van der Waals surface area (Å²) in [6.07, 6.45) is 0. The topological polar surface area (TPSA) is 86.8 Å². The van der Waals surface area contributed by atoms with Crippen LogP contribution >= 0.6 is 11.3 Å². The molecule has 7 nitrogen and oxygen atoms in total. The van der Waals surface area contributed by atoms with Crippen molar-refractivity contribution in [2.45, 2.75) is 20.5 Å². The van der Waals surface area contributed by atoms with E-state index in [0.717, 1.165) is 10.6 Å². The standard InChI is InChI=1S/C23H24N2O5S/c1-3-28-19-11-10-17(12-20(19)29-4-2)22(27)24-13-21(26)30-14-18-15-31-23(25-18)16-8-6-5-7-9-16/h5-12,15H,3-4,13-14H2,1-2H3,(H,24,27). The van der Waals surface area contributed by atoms with Crippen molar-refractivity contribution >= 4 is 23.2 Å². The van der Waals surface area contributed by atoms with Crippen LogP contribution in [0, 0.1) is 0 Å². The summed E-state index contributed by atoms with van der Waals surface area (Å²) in [5.74, 6) is 0.107. The van der Waals surface area contributed by atoms with Crippen LogP contribution in [0.15, 0.2) is 53.9 Å². The van der Waals surface area contributed by atoms with Crippen LogP contribution < -0.4 is 14.8 Å². The lowest BCUT2D eigenvalue weighted by Crippen LogP contribution is -2.30. The molecule has 1 amide bonds. The van der Waals surface area contributed by atoms with Crippen molar-refractivity contribution in [3.63, 3.8) is 0 Å². The molecule has 1 heterocycles. The van der Waals surface area contributed by atoms with E-state index in [1.807, 2.05) is 49.6 Å². The summed E-state index contributed by atoms with van der Waals surface area (Å²) < 4.78 is 16.2. The molecule has 3 rings (SSSR count). The molecule has 3 aromatic rings. The predicted octanol–water partition coefficient (Wildman–Crippen LogP) is 4.08. The third-order valence-electron chi connectivity index (χ3n) is 4.15. The molecule has 8 heteroatoms. The molecule has 0 aliphatic heterocycles. The van der Waals surface area contributed by atoms with Gasteiger partial charge in [0.05, 0.1) is 18.9 Å². The van der Waals surface area contributed by atoms with Crippen LogP contribution in [0.4, 0.5) is 0 Å². The Bertz CT molecular complexity index is 1020. The van der Waals surface area contributed by atoms with Crippen molar-refractivity contribution in [1.82, 2.24) is 10.3 Å². The number of carbonyl (C=O) groups excluding carboxylic acids is 2. The first-order valence-electron chi connectivity index (χ1n) is 9.94. The Balaban J connectivity index is 1.50. The second kappa shape index (κ2) is 11.1. The predicted molar refractivity (Wildman–Crippen MR) is 118 cm³/mol. The summed E-state index contributed by atoms with van der Waals surface area (Å²) in [5, 5.41) is 5.27. The molecule has 162 valence electrons. The van der Waals surface area contributed by atoms with Gasteiger partial charge >= 0.3 is 5.97 Å². The van der Waals surface area contributed by atoms with E-state index >= 15 is 0 Å². The molecule has 31 heavy (non-hydrogen) atoms. The smallest absolute Gasteiger partial charge is 0.325 e. The molecule has 1 N–H and O–H groups in total. The molecule has 0 spiro atoms. The number of carbonyl (C=O) groups is 2. The molecule has 0 bridgehead atoms. The van der Waals surface area contributed by atoms with Crippen molar-refractivity contribution in [1.29, 1.82) is 0 Å². The number of rotatable bonds is 10. The lowest BCUT2D eigenvalue weighted by Gasteiger charge is -2.12. The summed E-state index contributed by atoms with van der Waals surface area (Å²) in [7, 11) is 0. The maximum absolute atomic E-state index is 12.4. The Morgan fingerprint density at radius 3 is 2.48 bits per heavy atom. The maximum Gasteiger partial charge on any atom is 0.325 e. The summed E-state index contributed by atoms with van der Waals surface area (Å²) in [6.45, 7) is 4.46. The van der Waals surface area contributed by atoms with Gasteiger partial charge in [0.1, 0.15) is 18.2 Å². The summed E-state index contributed by atoms with van der Waals surface area (Å²) in [6, 6.07) is 14.7. The van der Waals surface area contributed by atoms with E-state index in [2.05, 4.69) is 10.3 Å². The SMILES string of the molecule is CCOc1ccc(C(=O)NCC(=O)OCc2csc(-c3ccccc3)n2)cc1OCC. The fourth-order valence-electron chi connectivity index (χ4n) is 2.74. The van der Waals surface area contributed by atoms with E-state index in [1.165, 1.54) is 11.3 Å². The van der Waals surface area contributed by atoms with Gasteiger partial charge in [-0.2, -0.15) is 0 Å². The molecule has 1 aromatic heterocycles. The van der Waals surface area contributed by atoms with Gasteiger partial charge in [0.25, 0.3) is 5.91 Å². The van der Waals surface area contributed by atoms with Crippen molar-refractivity contribution in [3.05, 3.63) is 65.2 Å². The highest BCUT2D eigenvalue weighted by atomic mass is 32.1. The van der Waals surface area contributed by atoms with Crippen LogP contribution in [0.3, 0.4) is 0 Å². The summed E-state index contributed by atoms with van der Waals surface area (Å²) >= 11 is 1.49. The zero-order chi connectivity index (χ0) is 22.1. The van der Waals surface area contributed by atoms with Crippen molar-refractivity contribution in [2.75, 3.05) is 19.8 Å². The molecule has 0 aliphatic carbocycles. The van der Waals surface area contributed by atoms with Crippen LogP contribution in [0.25, 0.3) is 10.6 Å². The average Bonchev–Trinajstić information content (AvgIpc) is 3.27. The van der Waals surface area contributed by atoms with E-state index < -0.39 is 11.9 Å². The van der Waals surface area contributed by atoms with Crippen LogP contribution in [0.5, 0.6) is 11.5 Å². The summed E-state index contributed by atoms with van der Waals surface area (Å²) in [5.41, 5.74) is 2.04. The van der Waals surface area contributed by atoms with Gasteiger partial charge in [-0.05, 0) is 32.0 Å². The number of nitrogens with one attached hydrogen (secondary N) is 1. The highest BCUT2D eigenvalue weighted by Crippen LogP contribution is 2.28. The molecular formula is C23H24N2O5S. The van der Waals surface area contributed by atoms with E-state index in [-0.39, 0.29) is 13.2 Å². The van der Waals surface area contributed by atoms with E-state index in [9.17, 15) is 9.59 Å². The van der Waals surface area contributed by atoms with Gasteiger partial charge in [0.2, 0.25) is 0 Å². The van der Waals surface area contributed by atoms with Crippen molar-refractivity contribution in [2.24, 2.45) is 0 Å². The average molecular weight is 441 g/mol. The number of benzene rings is 2. The van der Waals surface area contributed by atoms with Crippen molar-refractivity contribution < 1.29 is 23.8 Å². The van der Waals surface area contributed by atoms with Gasteiger partial charge in [0, 0.05) is 16.5 Å². The van der Waals surface area contributed by atoms with Crippen LogP contribution in [-0.4, -0.2) is 36.6 Å². The monoisotopic (exact) mass is 440 g/mol. The van der Waals surface area contributed by atoms with Gasteiger partial charge in [-0.25, -0.2) is 4.98 Å². The largest absolute Gasteiger partial charge is 0.490 e. The maximum atomic E-state index is 12.4. The third kappa shape index (κ3) is 6.29.